The van der Waals surface area contributed by atoms with Crippen molar-refractivity contribution in [2.75, 3.05) is 18.4 Å². The number of rotatable bonds is 7. The van der Waals surface area contributed by atoms with Gasteiger partial charge in [0.1, 0.15) is 5.60 Å². The van der Waals surface area contributed by atoms with E-state index in [0.717, 1.165) is 18.4 Å². The molecule has 2 rings (SSSR count). The van der Waals surface area contributed by atoms with Gasteiger partial charge in [0.05, 0.1) is 0 Å². The third-order valence-electron chi connectivity index (χ3n) is 4.88. The second-order valence-corrected chi connectivity index (χ2v) is 8.51. The topological polar surface area (TPSA) is 75.7 Å². The summed E-state index contributed by atoms with van der Waals surface area (Å²) in [6.45, 7) is 10.4. The average Bonchev–Trinajstić information content (AvgIpc) is 2.66. The minimum atomic E-state index is -0.455. The van der Waals surface area contributed by atoms with Crippen molar-refractivity contribution in [3.63, 3.8) is 0 Å². The summed E-state index contributed by atoms with van der Waals surface area (Å²) in [6.07, 6.45) is 4.43. The summed E-state index contributed by atoms with van der Waals surface area (Å²) < 4.78 is 5.39. The van der Waals surface area contributed by atoms with Gasteiger partial charge in [0.15, 0.2) is 0 Å². The Labute approximate surface area is 173 Å². The third-order valence-corrected chi connectivity index (χ3v) is 4.88. The number of nitrogens with one attached hydrogen (secondary N) is 1. The molecule has 1 N–H and O–H groups in total. The minimum Gasteiger partial charge on any atom is -0.460 e. The van der Waals surface area contributed by atoms with E-state index in [-0.39, 0.29) is 23.7 Å². The number of hydrogen-bond acceptors (Lipinski definition) is 4. The van der Waals surface area contributed by atoms with Crippen molar-refractivity contribution in [1.29, 1.82) is 0 Å². The molecule has 1 saturated heterocycles. The van der Waals surface area contributed by atoms with Crippen LogP contribution in [0.5, 0.6) is 0 Å². The second kappa shape index (κ2) is 10.2. The van der Waals surface area contributed by atoms with E-state index in [4.69, 9.17) is 4.74 Å². The van der Waals surface area contributed by atoms with Crippen LogP contribution in [0, 0.1) is 5.92 Å². The lowest BCUT2D eigenvalue weighted by Gasteiger charge is -2.32. The standard InChI is InChI=1S/C23H32N2O4/c1-5-20(26)24-19-9-6-17(7-10-19)8-11-21(27)25-14-12-18(13-15-25)16-22(28)29-23(2,3)4/h5-7,9-10,18H,1,8,11-16H2,2-4H3,(H,24,26). The monoisotopic (exact) mass is 400 g/mol. The van der Waals surface area contributed by atoms with Gasteiger partial charge in [-0.15, -0.1) is 0 Å². The first-order chi connectivity index (χ1) is 13.7. The molecule has 1 aromatic rings. The number of nitrogens with zero attached hydrogens (tertiary/aromatic N) is 1. The summed E-state index contributed by atoms with van der Waals surface area (Å²) in [5, 5.41) is 2.70. The van der Waals surface area contributed by atoms with Crippen molar-refractivity contribution in [2.24, 2.45) is 5.92 Å². The van der Waals surface area contributed by atoms with Gasteiger partial charge < -0.3 is 15.0 Å². The first-order valence-corrected chi connectivity index (χ1v) is 10.2. The number of hydrogen-bond donors (Lipinski definition) is 1. The van der Waals surface area contributed by atoms with Crippen LogP contribution < -0.4 is 5.32 Å². The van der Waals surface area contributed by atoms with Crippen molar-refractivity contribution in [1.82, 2.24) is 4.90 Å². The molecule has 0 radical (unpaired) electrons. The van der Waals surface area contributed by atoms with Crippen LogP contribution in [-0.4, -0.2) is 41.4 Å². The van der Waals surface area contributed by atoms with E-state index in [1.807, 2.05) is 49.9 Å². The second-order valence-electron chi connectivity index (χ2n) is 8.51. The van der Waals surface area contributed by atoms with Gasteiger partial charge in [-0.05, 0) is 69.7 Å². The zero-order valence-electron chi connectivity index (χ0n) is 17.7. The zero-order valence-corrected chi connectivity index (χ0v) is 17.7. The van der Waals surface area contributed by atoms with Gasteiger partial charge in [0.2, 0.25) is 11.8 Å². The van der Waals surface area contributed by atoms with Crippen LogP contribution in [0.25, 0.3) is 0 Å². The Morgan fingerprint density at radius 2 is 1.79 bits per heavy atom. The van der Waals surface area contributed by atoms with Crippen molar-refractivity contribution >= 4 is 23.5 Å². The van der Waals surface area contributed by atoms with Gasteiger partial charge in [-0.3, -0.25) is 14.4 Å². The van der Waals surface area contributed by atoms with E-state index in [1.165, 1.54) is 6.08 Å². The highest BCUT2D eigenvalue weighted by molar-refractivity contribution is 5.98. The predicted molar refractivity (Wildman–Crippen MR) is 113 cm³/mol. The maximum atomic E-state index is 12.5. The van der Waals surface area contributed by atoms with Crippen molar-refractivity contribution in [2.45, 2.75) is 58.5 Å². The van der Waals surface area contributed by atoms with Crippen LogP contribution in [0.15, 0.2) is 36.9 Å². The van der Waals surface area contributed by atoms with E-state index in [9.17, 15) is 14.4 Å². The van der Waals surface area contributed by atoms with Crippen LogP contribution in [0.4, 0.5) is 5.69 Å². The summed E-state index contributed by atoms with van der Waals surface area (Å²) in [4.78, 5) is 37.7. The SMILES string of the molecule is C=CC(=O)Nc1ccc(CCC(=O)N2CCC(CC(=O)OC(C)(C)C)CC2)cc1. The van der Waals surface area contributed by atoms with Gasteiger partial charge in [0, 0.05) is 31.6 Å². The molecule has 0 unspecified atom stereocenters. The first-order valence-electron chi connectivity index (χ1n) is 10.2. The first kappa shape index (κ1) is 22.7. The fourth-order valence-electron chi connectivity index (χ4n) is 3.36. The number of benzene rings is 1. The summed E-state index contributed by atoms with van der Waals surface area (Å²) >= 11 is 0. The fraction of sp³-hybridized carbons (Fsp3) is 0.522. The normalized spacial score (nSPS) is 14.9. The maximum Gasteiger partial charge on any atom is 0.306 e. The molecule has 0 aliphatic carbocycles. The molecule has 1 aromatic carbocycles. The van der Waals surface area contributed by atoms with Crippen molar-refractivity contribution in [3.8, 4) is 0 Å². The number of likely N-dealkylation sites (tertiary alicyclic amines) is 1. The Morgan fingerprint density at radius 3 is 2.34 bits per heavy atom. The lowest BCUT2D eigenvalue weighted by Crippen LogP contribution is -2.39. The van der Waals surface area contributed by atoms with E-state index in [2.05, 4.69) is 11.9 Å². The number of piperidine rings is 1. The summed E-state index contributed by atoms with van der Waals surface area (Å²) in [5.41, 5.74) is 1.30. The largest absolute Gasteiger partial charge is 0.460 e. The van der Waals surface area contributed by atoms with Crippen LogP contribution in [0.1, 0.15) is 52.0 Å². The van der Waals surface area contributed by atoms with Gasteiger partial charge in [0.25, 0.3) is 0 Å². The number of carbonyl (C=O) groups excluding carboxylic acids is 3. The van der Waals surface area contributed by atoms with Gasteiger partial charge in [-0.2, -0.15) is 0 Å². The molecule has 0 spiro atoms. The van der Waals surface area contributed by atoms with Crippen LogP contribution in [0.3, 0.4) is 0 Å². The predicted octanol–water partition coefficient (Wildman–Crippen LogP) is 3.71. The Balaban J connectivity index is 1.72. The molecular formula is C23H32N2O4. The Bertz CT molecular complexity index is 726. The number of anilines is 1. The highest BCUT2D eigenvalue weighted by Gasteiger charge is 2.26. The lowest BCUT2D eigenvalue weighted by molar-refractivity contribution is -0.156. The fourth-order valence-corrected chi connectivity index (χ4v) is 3.36. The molecule has 2 amide bonds. The van der Waals surface area contributed by atoms with Gasteiger partial charge in [-0.25, -0.2) is 0 Å². The van der Waals surface area contributed by atoms with E-state index in [0.29, 0.717) is 38.0 Å². The third kappa shape index (κ3) is 8.10. The highest BCUT2D eigenvalue weighted by atomic mass is 16.6. The zero-order chi connectivity index (χ0) is 21.4. The molecule has 0 bridgehead atoms. The molecule has 29 heavy (non-hydrogen) atoms. The quantitative estimate of drug-likeness (QED) is 0.559. The molecule has 1 aliphatic heterocycles. The molecule has 1 aliphatic rings. The van der Waals surface area contributed by atoms with E-state index < -0.39 is 5.60 Å². The van der Waals surface area contributed by atoms with E-state index >= 15 is 0 Å². The van der Waals surface area contributed by atoms with Crippen LogP contribution in [-0.2, 0) is 25.5 Å². The molecule has 0 atom stereocenters. The number of carbonyl (C=O) groups is 3. The van der Waals surface area contributed by atoms with Crippen molar-refractivity contribution < 1.29 is 19.1 Å². The van der Waals surface area contributed by atoms with E-state index in [1.54, 1.807) is 0 Å². The number of aryl methyl sites for hydroxylation is 1. The lowest BCUT2D eigenvalue weighted by atomic mass is 9.93. The molecule has 1 heterocycles. The molecule has 0 saturated carbocycles. The van der Waals surface area contributed by atoms with Crippen LogP contribution >= 0.6 is 0 Å². The van der Waals surface area contributed by atoms with Gasteiger partial charge in [-0.1, -0.05) is 18.7 Å². The highest BCUT2D eigenvalue weighted by Crippen LogP contribution is 2.23. The van der Waals surface area contributed by atoms with Gasteiger partial charge >= 0.3 is 5.97 Å². The number of esters is 1. The van der Waals surface area contributed by atoms with Crippen LogP contribution in [0.2, 0.25) is 0 Å². The number of ether oxygens (including phenoxy) is 1. The smallest absolute Gasteiger partial charge is 0.306 e. The minimum absolute atomic E-state index is 0.143. The molecule has 0 aromatic heterocycles. The number of amides is 2. The molecule has 1 fully saturated rings. The molecule has 158 valence electrons. The summed E-state index contributed by atoms with van der Waals surface area (Å²) in [6, 6.07) is 7.48. The average molecular weight is 401 g/mol. The molecule has 6 nitrogen and oxygen atoms in total. The summed E-state index contributed by atoms with van der Waals surface area (Å²) in [5.74, 6) is 0.0231. The summed E-state index contributed by atoms with van der Waals surface area (Å²) in [7, 11) is 0. The Hall–Kier alpha value is -2.63. The Morgan fingerprint density at radius 1 is 1.17 bits per heavy atom. The molecule has 6 heteroatoms. The van der Waals surface area contributed by atoms with Crippen molar-refractivity contribution in [3.05, 3.63) is 42.5 Å². The Kier molecular flexibility index (Phi) is 8.00. The maximum absolute atomic E-state index is 12.5. The molecular weight excluding hydrogens is 368 g/mol.